The van der Waals surface area contributed by atoms with Gasteiger partial charge in [0, 0.05) is 16.5 Å². The molecule has 0 fully saturated rings. The van der Waals surface area contributed by atoms with E-state index in [0.29, 0.717) is 0 Å². The molecule has 3 aliphatic carbocycles. The van der Waals surface area contributed by atoms with E-state index in [0.717, 1.165) is 16.9 Å². The SMILES string of the molecule is c1ccc2c(c1)Oc1c(cc(-c3ccc(-c4cccc5c4-c4ccccc4C54c5ccccc5-c5c4ccc4ccccc54)cc3)c3ccccc13)C21c2ccccc2-c2ccccc21. The molecular formula is C64H38O. The molecule has 0 bridgehead atoms. The highest BCUT2D eigenvalue weighted by Gasteiger charge is 2.53. The Balaban J connectivity index is 0.940. The molecule has 1 aliphatic heterocycles. The van der Waals surface area contributed by atoms with E-state index in [1.54, 1.807) is 0 Å². The van der Waals surface area contributed by atoms with Gasteiger partial charge in [-0.15, -0.1) is 0 Å². The fourth-order valence-electron chi connectivity index (χ4n) is 12.9. The molecule has 0 N–H and O–H groups in total. The first-order chi connectivity index (χ1) is 32.3. The average Bonchev–Trinajstić information content (AvgIpc) is 3.97. The highest BCUT2D eigenvalue weighted by Crippen LogP contribution is 2.66. The Bertz CT molecular complexity index is 3820. The van der Waals surface area contributed by atoms with Crippen LogP contribution in [0.2, 0.25) is 0 Å². The highest BCUT2D eigenvalue weighted by molar-refractivity contribution is 6.08. The maximum absolute atomic E-state index is 7.05. The second kappa shape index (κ2) is 12.7. The van der Waals surface area contributed by atoms with E-state index in [1.807, 2.05) is 0 Å². The van der Waals surface area contributed by atoms with Crippen molar-refractivity contribution < 1.29 is 4.74 Å². The highest BCUT2D eigenvalue weighted by atomic mass is 16.5. The van der Waals surface area contributed by atoms with Gasteiger partial charge in [-0.2, -0.15) is 0 Å². The first-order valence-electron chi connectivity index (χ1n) is 22.8. The van der Waals surface area contributed by atoms with E-state index in [-0.39, 0.29) is 0 Å². The van der Waals surface area contributed by atoms with Crippen molar-refractivity contribution in [2.45, 2.75) is 10.8 Å². The Morgan fingerprint density at radius 3 is 1.42 bits per heavy atom. The van der Waals surface area contributed by atoms with Crippen LogP contribution in [0.4, 0.5) is 0 Å². The van der Waals surface area contributed by atoms with Gasteiger partial charge in [0.15, 0.2) is 0 Å². The summed E-state index contributed by atoms with van der Waals surface area (Å²) in [6, 6.07) is 86.1. The molecule has 1 nitrogen and oxygen atoms in total. The van der Waals surface area contributed by atoms with E-state index in [1.165, 1.54) is 116 Å². The predicted octanol–water partition coefficient (Wildman–Crippen LogP) is 16.1. The monoisotopic (exact) mass is 822 g/mol. The van der Waals surface area contributed by atoms with Crippen molar-refractivity contribution in [3.63, 3.8) is 0 Å². The second-order valence-electron chi connectivity index (χ2n) is 18.1. The summed E-state index contributed by atoms with van der Waals surface area (Å²) < 4.78 is 7.05. The molecule has 1 heteroatoms. The zero-order valence-corrected chi connectivity index (χ0v) is 35.3. The summed E-state index contributed by atoms with van der Waals surface area (Å²) in [5.74, 6) is 1.84. The zero-order valence-electron chi connectivity index (χ0n) is 35.3. The Kier molecular flexibility index (Phi) is 6.88. The largest absolute Gasteiger partial charge is 0.456 e. The third-order valence-electron chi connectivity index (χ3n) is 15.4. The molecule has 1 atom stereocenters. The van der Waals surface area contributed by atoms with Gasteiger partial charge in [0.05, 0.1) is 10.8 Å². The van der Waals surface area contributed by atoms with Crippen molar-refractivity contribution in [3.05, 3.63) is 275 Å². The molecule has 1 unspecified atom stereocenters. The van der Waals surface area contributed by atoms with Gasteiger partial charge in [-0.1, -0.05) is 218 Å². The molecule has 0 saturated carbocycles. The van der Waals surface area contributed by atoms with Crippen molar-refractivity contribution in [2.24, 2.45) is 0 Å². The Morgan fingerprint density at radius 2 is 0.723 bits per heavy atom. The molecule has 0 radical (unpaired) electrons. The van der Waals surface area contributed by atoms with Gasteiger partial charge in [-0.05, 0) is 117 Å². The van der Waals surface area contributed by atoms with Gasteiger partial charge < -0.3 is 4.74 Å². The lowest BCUT2D eigenvalue weighted by atomic mass is 9.65. The van der Waals surface area contributed by atoms with Crippen LogP contribution in [-0.2, 0) is 10.8 Å². The van der Waals surface area contributed by atoms with E-state index in [4.69, 9.17) is 4.74 Å². The van der Waals surface area contributed by atoms with Gasteiger partial charge in [-0.25, -0.2) is 0 Å². The third kappa shape index (κ3) is 4.29. The average molecular weight is 823 g/mol. The summed E-state index contributed by atoms with van der Waals surface area (Å²) in [5, 5.41) is 4.88. The molecule has 4 aliphatic rings. The third-order valence-corrected chi connectivity index (χ3v) is 15.4. The lowest BCUT2D eigenvalue weighted by molar-refractivity contribution is 0.442. The Labute approximate surface area is 377 Å². The number of para-hydroxylation sites is 1. The minimum atomic E-state index is -0.548. The van der Waals surface area contributed by atoms with Crippen LogP contribution in [0.3, 0.4) is 0 Å². The standard InChI is InChI=1S/C64H38O/c1-2-17-42-39(16-1)36-37-57-61(42)49-23-8-12-28-54(49)64(57)53-27-11-7-22-48(53)60-43(24-15-30-56(60)64)40-32-34-41(35-33-40)50-38-58-62(47-21-4-3-18-44(47)50)65-59-31-14-13-29-55(59)63(58)51-25-9-5-19-45(51)46-20-6-10-26-52(46)63/h1-38H. The van der Waals surface area contributed by atoms with Crippen molar-refractivity contribution in [2.75, 3.05) is 0 Å². The smallest absolute Gasteiger partial charge is 0.140 e. The maximum atomic E-state index is 7.05. The number of fused-ring (bicyclic) bond motifs is 23. The summed E-state index contributed by atoms with van der Waals surface area (Å²) in [5.41, 5.74) is 22.1. The van der Waals surface area contributed by atoms with E-state index in [2.05, 4.69) is 231 Å². The summed E-state index contributed by atoms with van der Waals surface area (Å²) in [6.07, 6.45) is 0. The fraction of sp³-hybridized carbons (Fsp3) is 0.0312. The minimum absolute atomic E-state index is 0.423. The Hall–Kier alpha value is -8.26. The van der Waals surface area contributed by atoms with Crippen molar-refractivity contribution in [1.29, 1.82) is 0 Å². The summed E-state index contributed by atoms with van der Waals surface area (Å²) in [7, 11) is 0. The molecule has 11 aromatic carbocycles. The lowest BCUT2D eigenvalue weighted by Gasteiger charge is -2.40. The molecular weight excluding hydrogens is 785 g/mol. The van der Waals surface area contributed by atoms with Crippen LogP contribution in [0.5, 0.6) is 11.5 Å². The maximum Gasteiger partial charge on any atom is 0.140 e. The van der Waals surface area contributed by atoms with E-state index < -0.39 is 10.8 Å². The van der Waals surface area contributed by atoms with Gasteiger partial charge in [0.25, 0.3) is 0 Å². The summed E-state index contributed by atoms with van der Waals surface area (Å²) >= 11 is 0. The molecule has 0 saturated heterocycles. The first-order valence-corrected chi connectivity index (χ1v) is 22.8. The molecule has 65 heavy (non-hydrogen) atoms. The van der Waals surface area contributed by atoms with Crippen LogP contribution in [0.1, 0.15) is 44.5 Å². The van der Waals surface area contributed by atoms with E-state index >= 15 is 0 Å². The molecule has 1 heterocycles. The minimum Gasteiger partial charge on any atom is -0.456 e. The number of hydrogen-bond donors (Lipinski definition) is 0. The van der Waals surface area contributed by atoms with Crippen molar-refractivity contribution in [1.82, 2.24) is 0 Å². The zero-order chi connectivity index (χ0) is 42.4. The molecule has 0 aromatic heterocycles. The molecule has 300 valence electrons. The fourth-order valence-corrected chi connectivity index (χ4v) is 12.9. The Morgan fingerprint density at radius 1 is 0.262 bits per heavy atom. The van der Waals surface area contributed by atoms with Gasteiger partial charge >= 0.3 is 0 Å². The van der Waals surface area contributed by atoms with Gasteiger partial charge in [0.1, 0.15) is 11.5 Å². The molecule has 15 rings (SSSR count). The quantitative estimate of drug-likeness (QED) is 0.169. The topological polar surface area (TPSA) is 9.23 Å². The first kappa shape index (κ1) is 35.2. The van der Waals surface area contributed by atoms with E-state index in [9.17, 15) is 0 Å². The number of rotatable bonds is 2. The predicted molar refractivity (Wildman–Crippen MR) is 266 cm³/mol. The van der Waals surface area contributed by atoms with Crippen LogP contribution >= 0.6 is 0 Å². The van der Waals surface area contributed by atoms with Crippen LogP contribution in [0, 0.1) is 0 Å². The molecule has 0 amide bonds. The molecule has 11 aromatic rings. The molecule has 2 spiro atoms. The van der Waals surface area contributed by atoms with Crippen LogP contribution < -0.4 is 4.74 Å². The van der Waals surface area contributed by atoms with Crippen LogP contribution in [-0.4, -0.2) is 0 Å². The van der Waals surface area contributed by atoms with Gasteiger partial charge in [0.2, 0.25) is 0 Å². The van der Waals surface area contributed by atoms with Gasteiger partial charge in [-0.3, -0.25) is 0 Å². The van der Waals surface area contributed by atoms with Crippen molar-refractivity contribution >= 4 is 21.5 Å². The number of benzene rings is 11. The lowest BCUT2D eigenvalue weighted by Crippen LogP contribution is -2.32. The summed E-state index contributed by atoms with van der Waals surface area (Å²) in [6.45, 7) is 0. The number of hydrogen-bond acceptors (Lipinski definition) is 1. The summed E-state index contributed by atoms with van der Waals surface area (Å²) in [4.78, 5) is 0. The van der Waals surface area contributed by atoms with Crippen molar-refractivity contribution in [3.8, 4) is 67.1 Å². The van der Waals surface area contributed by atoms with Crippen LogP contribution in [0.25, 0.3) is 77.2 Å². The second-order valence-corrected chi connectivity index (χ2v) is 18.1. The number of ether oxygens (including phenoxy) is 1. The van der Waals surface area contributed by atoms with Crippen LogP contribution in [0.15, 0.2) is 231 Å². The normalized spacial score (nSPS) is 16.0.